The Balaban J connectivity index is 1.53. The molecule has 5 aromatic carbocycles. The molecule has 2 aliphatic rings. The zero-order valence-electron chi connectivity index (χ0n) is 31.8. The topological polar surface area (TPSA) is 6.48 Å². The number of hydrogen-bond donors (Lipinski definition) is 0. The minimum Gasteiger partial charge on any atom is -0.311 e. The van der Waals surface area contributed by atoms with Crippen molar-refractivity contribution in [3.8, 4) is 0 Å². The molecule has 0 fully saturated rings. The first kappa shape index (κ1) is 33.3. The van der Waals surface area contributed by atoms with Crippen LogP contribution in [0.25, 0.3) is 0 Å². The molecule has 250 valence electrons. The maximum Gasteiger partial charge on any atom is 0.252 e. The first-order valence-electron chi connectivity index (χ1n) is 18.1. The summed E-state index contributed by atoms with van der Waals surface area (Å²) in [6.07, 6.45) is 0. The fraction of sp³-hybridized carbons (Fsp3) is 0.348. The minimum absolute atomic E-state index is 0.0288. The second-order valence-corrected chi connectivity index (χ2v) is 18.5. The lowest BCUT2D eigenvalue weighted by Crippen LogP contribution is -2.61. The van der Waals surface area contributed by atoms with E-state index in [2.05, 4.69) is 196 Å². The Morgan fingerprint density at radius 2 is 0.694 bits per heavy atom. The molecule has 0 aliphatic carbocycles. The van der Waals surface area contributed by atoms with E-state index in [0.717, 1.165) is 0 Å². The number of rotatable bonds is 2. The predicted molar refractivity (Wildman–Crippen MR) is 215 cm³/mol. The number of benzene rings is 5. The summed E-state index contributed by atoms with van der Waals surface area (Å²) in [6, 6.07) is 40.0. The zero-order valence-corrected chi connectivity index (χ0v) is 31.8. The summed E-state index contributed by atoms with van der Waals surface area (Å²) in [4.78, 5) is 5.06. The standard InChI is InChI=1S/C46H53BN2/c1-43(2,3)30-16-22-34(23-17-30)48-38-14-13-15-39-42(38)47(36-26-20-32(28-40(36)48)45(7,8)9)37-27-21-33(46(10,11)12)29-41(37)49(39)35-24-18-31(19-25-35)44(4,5)6/h13-29H,1-12H3. The molecule has 0 unspecified atom stereocenters. The molecular weight excluding hydrogens is 591 g/mol. The summed E-state index contributed by atoms with van der Waals surface area (Å²) in [5.41, 5.74) is 17.2. The summed E-state index contributed by atoms with van der Waals surface area (Å²) >= 11 is 0. The van der Waals surface area contributed by atoms with Gasteiger partial charge in [-0.2, -0.15) is 0 Å². The van der Waals surface area contributed by atoms with Crippen LogP contribution in [0.5, 0.6) is 0 Å². The van der Waals surface area contributed by atoms with Gasteiger partial charge in [0, 0.05) is 34.1 Å². The second kappa shape index (κ2) is 11.1. The quantitative estimate of drug-likeness (QED) is 0.173. The Morgan fingerprint density at radius 3 is 1.02 bits per heavy atom. The van der Waals surface area contributed by atoms with E-state index in [1.54, 1.807) is 0 Å². The summed E-state index contributed by atoms with van der Waals surface area (Å²) in [5, 5.41) is 0. The lowest BCUT2D eigenvalue weighted by Gasteiger charge is -2.45. The van der Waals surface area contributed by atoms with Crippen LogP contribution >= 0.6 is 0 Å². The third-order valence-corrected chi connectivity index (χ3v) is 10.7. The van der Waals surface area contributed by atoms with Crippen LogP contribution in [0.15, 0.2) is 103 Å². The lowest BCUT2D eigenvalue weighted by atomic mass is 9.33. The molecule has 5 aromatic rings. The highest BCUT2D eigenvalue weighted by molar-refractivity contribution is 7.00. The Kier molecular flexibility index (Phi) is 7.56. The van der Waals surface area contributed by atoms with Crippen molar-refractivity contribution in [2.75, 3.05) is 9.80 Å². The first-order valence-corrected chi connectivity index (χ1v) is 18.1. The monoisotopic (exact) mass is 644 g/mol. The molecule has 0 saturated carbocycles. The fourth-order valence-corrected chi connectivity index (χ4v) is 7.64. The summed E-state index contributed by atoms with van der Waals surface area (Å²) < 4.78 is 0. The van der Waals surface area contributed by atoms with Gasteiger partial charge in [0.15, 0.2) is 0 Å². The van der Waals surface area contributed by atoms with Gasteiger partial charge in [0.05, 0.1) is 0 Å². The van der Waals surface area contributed by atoms with E-state index < -0.39 is 0 Å². The molecule has 7 rings (SSSR count). The molecule has 0 spiro atoms. The van der Waals surface area contributed by atoms with Crippen LogP contribution in [0.4, 0.5) is 34.1 Å². The van der Waals surface area contributed by atoms with Gasteiger partial charge in [-0.25, -0.2) is 0 Å². The van der Waals surface area contributed by atoms with E-state index in [4.69, 9.17) is 0 Å². The Labute approximate surface area is 296 Å². The van der Waals surface area contributed by atoms with Crippen LogP contribution in [0.3, 0.4) is 0 Å². The highest BCUT2D eigenvalue weighted by atomic mass is 15.2. The summed E-state index contributed by atoms with van der Waals surface area (Å²) in [6.45, 7) is 27.8. The van der Waals surface area contributed by atoms with E-state index in [1.165, 1.54) is 72.8 Å². The van der Waals surface area contributed by atoms with Crippen LogP contribution in [0.1, 0.15) is 105 Å². The summed E-state index contributed by atoms with van der Waals surface area (Å²) in [7, 11) is 0. The molecule has 0 aromatic heterocycles. The lowest BCUT2D eigenvalue weighted by molar-refractivity contribution is 0.590. The van der Waals surface area contributed by atoms with Gasteiger partial charge in [-0.3, -0.25) is 0 Å². The van der Waals surface area contributed by atoms with Gasteiger partial charge in [0.25, 0.3) is 6.71 Å². The molecular formula is C46H53BN2. The average Bonchev–Trinajstić information content (AvgIpc) is 3.02. The molecule has 2 nitrogen and oxygen atoms in total. The number of nitrogens with zero attached hydrogens (tertiary/aromatic N) is 2. The number of hydrogen-bond acceptors (Lipinski definition) is 2. The number of fused-ring (bicyclic) bond motifs is 4. The van der Waals surface area contributed by atoms with Crippen molar-refractivity contribution >= 4 is 57.2 Å². The van der Waals surface area contributed by atoms with Crippen molar-refractivity contribution in [2.45, 2.75) is 105 Å². The van der Waals surface area contributed by atoms with Crippen LogP contribution in [0.2, 0.25) is 0 Å². The molecule has 0 bridgehead atoms. The van der Waals surface area contributed by atoms with Gasteiger partial charge >= 0.3 is 0 Å². The van der Waals surface area contributed by atoms with Gasteiger partial charge in [-0.05, 0) is 109 Å². The zero-order chi connectivity index (χ0) is 35.3. The molecule has 0 amide bonds. The largest absolute Gasteiger partial charge is 0.311 e. The van der Waals surface area contributed by atoms with Crippen LogP contribution in [-0.4, -0.2) is 6.71 Å². The SMILES string of the molecule is CC(C)(C)c1ccc(N2c3cc(C(C)(C)C)ccc3B3c4ccc(C(C)(C)C)cc4N(c4ccc(C(C)(C)C)cc4)c4cccc2c43)cc1. The van der Waals surface area contributed by atoms with E-state index >= 15 is 0 Å². The fourth-order valence-electron chi connectivity index (χ4n) is 7.64. The van der Waals surface area contributed by atoms with Crippen LogP contribution in [-0.2, 0) is 21.7 Å². The van der Waals surface area contributed by atoms with Gasteiger partial charge in [0.2, 0.25) is 0 Å². The number of anilines is 6. The minimum atomic E-state index is 0.0288. The van der Waals surface area contributed by atoms with Gasteiger partial charge in [0.1, 0.15) is 0 Å². The smallest absolute Gasteiger partial charge is 0.252 e. The van der Waals surface area contributed by atoms with Crippen molar-refractivity contribution in [1.82, 2.24) is 0 Å². The molecule has 0 N–H and O–H groups in total. The second-order valence-electron chi connectivity index (χ2n) is 18.5. The van der Waals surface area contributed by atoms with Crippen molar-refractivity contribution in [3.63, 3.8) is 0 Å². The molecule has 2 aliphatic heterocycles. The highest BCUT2D eigenvalue weighted by Gasteiger charge is 2.43. The van der Waals surface area contributed by atoms with Gasteiger partial charge in [-0.1, -0.05) is 138 Å². The Bertz CT molecular complexity index is 1900. The molecule has 2 heterocycles. The van der Waals surface area contributed by atoms with Crippen molar-refractivity contribution in [2.24, 2.45) is 0 Å². The molecule has 0 saturated heterocycles. The average molecular weight is 645 g/mol. The normalized spacial score (nSPS) is 14.4. The van der Waals surface area contributed by atoms with Crippen molar-refractivity contribution in [1.29, 1.82) is 0 Å². The van der Waals surface area contributed by atoms with E-state index in [1.807, 2.05) is 0 Å². The molecule has 3 heteroatoms. The molecule has 0 atom stereocenters. The first-order chi connectivity index (χ1) is 22.8. The third kappa shape index (κ3) is 5.70. The van der Waals surface area contributed by atoms with Gasteiger partial charge < -0.3 is 9.80 Å². The van der Waals surface area contributed by atoms with E-state index in [-0.39, 0.29) is 28.4 Å². The molecule has 0 radical (unpaired) electrons. The van der Waals surface area contributed by atoms with E-state index in [0.29, 0.717) is 0 Å². The maximum absolute atomic E-state index is 2.53. The van der Waals surface area contributed by atoms with Gasteiger partial charge in [-0.15, -0.1) is 0 Å². The molecule has 49 heavy (non-hydrogen) atoms. The van der Waals surface area contributed by atoms with Crippen molar-refractivity contribution < 1.29 is 0 Å². The third-order valence-electron chi connectivity index (χ3n) is 10.7. The predicted octanol–water partition coefficient (Wildman–Crippen LogP) is 11.0. The highest BCUT2D eigenvalue weighted by Crippen LogP contribution is 2.45. The van der Waals surface area contributed by atoms with E-state index in [9.17, 15) is 0 Å². The van der Waals surface area contributed by atoms with Crippen molar-refractivity contribution in [3.05, 3.63) is 125 Å². The Morgan fingerprint density at radius 1 is 0.367 bits per heavy atom. The van der Waals surface area contributed by atoms with Crippen LogP contribution in [0, 0.1) is 0 Å². The summed E-state index contributed by atoms with van der Waals surface area (Å²) in [5.74, 6) is 0. The maximum atomic E-state index is 2.53. The van der Waals surface area contributed by atoms with Crippen LogP contribution < -0.4 is 26.2 Å². The Hall–Kier alpha value is -4.24.